The number of amides is 1. The van der Waals surface area contributed by atoms with Gasteiger partial charge in [-0.05, 0) is 18.6 Å². The van der Waals surface area contributed by atoms with Crippen LogP contribution < -0.4 is 0 Å². The molecule has 0 bridgehead atoms. The summed E-state index contributed by atoms with van der Waals surface area (Å²) in [7, 11) is 1.91. The van der Waals surface area contributed by atoms with Gasteiger partial charge in [0, 0.05) is 39.8 Å². The molecule has 5 heteroatoms. The second-order valence-electron chi connectivity index (χ2n) is 6.03. The van der Waals surface area contributed by atoms with E-state index in [-0.39, 0.29) is 11.4 Å². The molecule has 1 aromatic heterocycles. The summed E-state index contributed by atoms with van der Waals surface area (Å²) in [6, 6.07) is 3.89. The molecule has 2 aliphatic rings. The Morgan fingerprint density at radius 2 is 2.29 bits per heavy atom. The van der Waals surface area contributed by atoms with E-state index in [2.05, 4.69) is 16.4 Å². The molecule has 1 aromatic rings. The molecule has 1 atom stereocenters. The molecule has 21 heavy (non-hydrogen) atoms. The Kier molecular flexibility index (Phi) is 3.87. The summed E-state index contributed by atoms with van der Waals surface area (Å²) < 4.78 is 5.43. The maximum atomic E-state index is 12.8. The van der Waals surface area contributed by atoms with Crippen LogP contribution in [0.1, 0.15) is 12.2 Å². The molecule has 114 valence electrons. The van der Waals surface area contributed by atoms with Crippen molar-refractivity contribution >= 4 is 5.91 Å². The molecule has 1 amide bonds. The molecule has 2 fully saturated rings. The minimum Gasteiger partial charge on any atom is -0.468 e. The summed E-state index contributed by atoms with van der Waals surface area (Å²) in [4.78, 5) is 19.3. The van der Waals surface area contributed by atoms with Crippen molar-refractivity contribution in [3.8, 4) is 0 Å². The molecule has 0 aromatic carbocycles. The molecule has 3 rings (SSSR count). The molecule has 0 unspecified atom stereocenters. The number of likely N-dealkylation sites (tertiary alicyclic amines) is 1. The Labute approximate surface area is 125 Å². The van der Waals surface area contributed by atoms with Crippen molar-refractivity contribution in [1.29, 1.82) is 0 Å². The molecule has 2 aliphatic heterocycles. The summed E-state index contributed by atoms with van der Waals surface area (Å²) >= 11 is 0. The number of hydrogen-bond donors (Lipinski definition) is 0. The zero-order chi connectivity index (χ0) is 14.9. The van der Waals surface area contributed by atoms with Gasteiger partial charge in [-0.2, -0.15) is 0 Å². The van der Waals surface area contributed by atoms with E-state index in [1.165, 1.54) is 0 Å². The van der Waals surface area contributed by atoms with Crippen molar-refractivity contribution in [2.45, 2.75) is 18.5 Å². The van der Waals surface area contributed by atoms with E-state index in [0.29, 0.717) is 0 Å². The molecule has 5 nitrogen and oxygen atoms in total. The van der Waals surface area contributed by atoms with Crippen molar-refractivity contribution in [3.63, 3.8) is 0 Å². The fourth-order valence-electron chi connectivity index (χ4n) is 3.56. The van der Waals surface area contributed by atoms with Crippen molar-refractivity contribution in [2.24, 2.45) is 0 Å². The van der Waals surface area contributed by atoms with E-state index < -0.39 is 0 Å². The van der Waals surface area contributed by atoms with Crippen molar-refractivity contribution in [2.75, 3.05) is 39.8 Å². The van der Waals surface area contributed by atoms with E-state index in [1.54, 1.807) is 6.26 Å². The van der Waals surface area contributed by atoms with E-state index in [4.69, 9.17) is 4.42 Å². The van der Waals surface area contributed by atoms with E-state index in [1.807, 2.05) is 30.2 Å². The summed E-state index contributed by atoms with van der Waals surface area (Å²) in [6.45, 7) is 8.79. The third-order valence-corrected chi connectivity index (χ3v) is 4.69. The van der Waals surface area contributed by atoms with Crippen LogP contribution in [0, 0.1) is 0 Å². The zero-order valence-corrected chi connectivity index (χ0v) is 12.6. The quantitative estimate of drug-likeness (QED) is 0.781. The molecule has 0 N–H and O–H groups in total. The smallest absolute Gasteiger partial charge is 0.244 e. The summed E-state index contributed by atoms with van der Waals surface area (Å²) in [6.07, 6.45) is 4.48. The lowest BCUT2D eigenvalue weighted by atomic mass is 9.91. The Balaban J connectivity index is 1.77. The van der Waals surface area contributed by atoms with Gasteiger partial charge >= 0.3 is 0 Å². The summed E-state index contributed by atoms with van der Waals surface area (Å²) in [5, 5.41) is 0. The fraction of sp³-hybridized carbons (Fsp3) is 0.562. The molecule has 0 aliphatic carbocycles. The predicted octanol–water partition coefficient (Wildman–Crippen LogP) is 1.18. The molecule has 1 spiro atoms. The second kappa shape index (κ2) is 5.66. The highest BCUT2D eigenvalue weighted by molar-refractivity contribution is 5.87. The van der Waals surface area contributed by atoms with Crippen LogP contribution in [0.5, 0.6) is 0 Å². The zero-order valence-electron chi connectivity index (χ0n) is 12.6. The van der Waals surface area contributed by atoms with Gasteiger partial charge in [-0.1, -0.05) is 6.08 Å². The molecular weight excluding hydrogens is 266 g/mol. The minimum absolute atomic E-state index is 0.248. The molecule has 3 heterocycles. The number of hydrogen-bond acceptors (Lipinski definition) is 4. The van der Waals surface area contributed by atoms with Gasteiger partial charge in [-0.3, -0.25) is 14.6 Å². The number of rotatable bonds is 4. The minimum atomic E-state index is -0.381. The average molecular weight is 289 g/mol. The third kappa shape index (κ3) is 2.51. The number of carbonyl (C=O) groups is 1. The van der Waals surface area contributed by atoms with Gasteiger partial charge in [-0.25, -0.2) is 0 Å². The van der Waals surface area contributed by atoms with Crippen molar-refractivity contribution < 1.29 is 9.21 Å². The first-order valence-electron chi connectivity index (χ1n) is 7.52. The number of piperazine rings is 1. The van der Waals surface area contributed by atoms with Crippen LogP contribution in [-0.4, -0.2) is 65.9 Å². The van der Waals surface area contributed by atoms with Crippen molar-refractivity contribution in [3.05, 3.63) is 36.8 Å². The van der Waals surface area contributed by atoms with Gasteiger partial charge in [0.05, 0.1) is 12.8 Å². The Hall–Kier alpha value is -1.59. The van der Waals surface area contributed by atoms with Gasteiger partial charge in [0.25, 0.3) is 0 Å². The van der Waals surface area contributed by atoms with Crippen molar-refractivity contribution in [1.82, 2.24) is 14.7 Å². The summed E-state index contributed by atoms with van der Waals surface area (Å²) in [5.41, 5.74) is -0.381. The maximum absolute atomic E-state index is 12.8. The topological polar surface area (TPSA) is 39.9 Å². The standard InChI is InChI=1S/C16H23N3O2/c1-3-7-19-10-9-17(2)15(20)16(19)6-8-18(13-16)12-14-5-4-11-21-14/h3-5,11H,1,6-10,12-13H2,2H3/t16-/m0/s1. The SMILES string of the molecule is C=CCN1CCN(C)C(=O)[C@@]12CCN(Cc1ccco1)C2. The lowest BCUT2D eigenvalue weighted by molar-refractivity contribution is -0.148. The Bertz CT molecular complexity index is 514. The van der Waals surface area contributed by atoms with E-state index >= 15 is 0 Å². The van der Waals surface area contributed by atoms with Crippen LogP contribution in [-0.2, 0) is 11.3 Å². The number of furan rings is 1. The van der Waals surface area contributed by atoms with Gasteiger partial charge in [0.2, 0.25) is 5.91 Å². The highest BCUT2D eigenvalue weighted by Gasteiger charge is 2.51. The number of nitrogens with zero attached hydrogens (tertiary/aromatic N) is 3. The first-order chi connectivity index (χ1) is 10.2. The molecule has 0 radical (unpaired) electrons. The number of carbonyl (C=O) groups excluding carboxylic acids is 1. The highest BCUT2D eigenvalue weighted by Crippen LogP contribution is 2.33. The lowest BCUT2D eigenvalue weighted by Gasteiger charge is -2.46. The maximum Gasteiger partial charge on any atom is 0.244 e. The van der Waals surface area contributed by atoms with Crippen LogP contribution in [0.15, 0.2) is 35.5 Å². The lowest BCUT2D eigenvalue weighted by Crippen LogP contribution is -2.66. The van der Waals surface area contributed by atoms with Gasteiger partial charge in [0.1, 0.15) is 11.3 Å². The Morgan fingerprint density at radius 1 is 1.43 bits per heavy atom. The molecule has 0 saturated carbocycles. The van der Waals surface area contributed by atoms with Gasteiger partial charge < -0.3 is 9.32 Å². The normalized spacial score (nSPS) is 27.7. The average Bonchev–Trinajstić information content (AvgIpc) is 3.12. The predicted molar refractivity (Wildman–Crippen MR) is 80.7 cm³/mol. The number of likely N-dealkylation sites (N-methyl/N-ethyl adjacent to an activating group) is 1. The first kappa shape index (κ1) is 14.4. The fourth-order valence-corrected chi connectivity index (χ4v) is 3.56. The van der Waals surface area contributed by atoms with Gasteiger partial charge in [-0.15, -0.1) is 6.58 Å². The van der Waals surface area contributed by atoms with Crippen LogP contribution in [0.25, 0.3) is 0 Å². The van der Waals surface area contributed by atoms with E-state index in [9.17, 15) is 4.79 Å². The molecular formula is C16H23N3O2. The third-order valence-electron chi connectivity index (χ3n) is 4.69. The highest BCUT2D eigenvalue weighted by atomic mass is 16.3. The van der Waals surface area contributed by atoms with Crippen LogP contribution in [0.4, 0.5) is 0 Å². The Morgan fingerprint density at radius 3 is 3.00 bits per heavy atom. The largest absolute Gasteiger partial charge is 0.468 e. The van der Waals surface area contributed by atoms with E-state index in [0.717, 1.165) is 51.4 Å². The van der Waals surface area contributed by atoms with Crippen LogP contribution in [0.2, 0.25) is 0 Å². The second-order valence-corrected chi connectivity index (χ2v) is 6.03. The van der Waals surface area contributed by atoms with Crippen LogP contribution in [0.3, 0.4) is 0 Å². The summed E-state index contributed by atoms with van der Waals surface area (Å²) in [5.74, 6) is 1.21. The monoisotopic (exact) mass is 289 g/mol. The first-order valence-corrected chi connectivity index (χ1v) is 7.52. The van der Waals surface area contributed by atoms with Gasteiger partial charge in [0.15, 0.2) is 0 Å². The molecule has 2 saturated heterocycles. The van der Waals surface area contributed by atoms with Crippen LogP contribution >= 0.6 is 0 Å².